The first-order valence-electron chi connectivity index (χ1n) is 22.9. The van der Waals surface area contributed by atoms with Crippen molar-refractivity contribution in [1.29, 1.82) is 0 Å². The van der Waals surface area contributed by atoms with Crippen LogP contribution in [0.4, 0.5) is 0 Å². The summed E-state index contributed by atoms with van der Waals surface area (Å²) in [4.78, 5) is 10.5. The lowest BCUT2D eigenvalue weighted by Gasteiger charge is -2.39. The Labute approximate surface area is 387 Å². The van der Waals surface area contributed by atoms with Crippen LogP contribution < -0.4 is 4.74 Å². The van der Waals surface area contributed by atoms with E-state index in [1.54, 1.807) is 0 Å². The van der Waals surface area contributed by atoms with Crippen LogP contribution in [-0.2, 0) is 5.41 Å². The zero-order chi connectivity index (χ0) is 44.1. The number of ether oxygens (including phenoxy) is 1. The number of fused-ring (bicyclic) bond motifs is 14. The number of benzene rings is 10. The zero-order valence-corrected chi connectivity index (χ0v) is 36.3. The van der Waals surface area contributed by atoms with Gasteiger partial charge in [0.05, 0.1) is 27.8 Å². The monoisotopic (exact) mass is 853 g/mol. The van der Waals surface area contributed by atoms with Crippen LogP contribution in [0.3, 0.4) is 0 Å². The molecule has 2 aliphatic rings. The average molecular weight is 854 g/mol. The number of nitrogens with zero attached hydrogens (tertiary/aromatic N) is 3. The van der Waals surface area contributed by atoms with E-state index in [2.05, 4.69) is 217 Å². The average Bonchev–Trinajstić information content (AvgIpc) is 3.89. The van der Waals surface area contributed by atoms with Gasteiger partial charge in [-0.1, -0.05) is 182 Å². The first-order valence-corrected chi connectivity index (χ1v) is 22.9. The van der Waals surface area contributed by atoms with E-state index in [1.807, 2.05) is 24.3 Å². The molecule has 312 valence electrons. The SMILES string of the molecule is c1ccc(-c2cc(-c3cc4c5cc(-c6ccc7c(c6)C6(c8ccccc8Oc8ccccc86)c6ccccc6-7)ccc5n(-c5ccccc5)c4c4ccccc34)nc(-c3ccccc3)n2)cc1. The fourth-order valence-electron chi connectivity index (χ4n) is 11.2. The van der Waals surface area contributed by atoms with Gasteiger partial charge < -0.3 is 9.30 Å². The van der Waals surface area contributed by atoms with Gasteiger partial charge in [0.2, 0.25) is 0 Å². The molecule has 12 aromatic rings. The number of rotatable bonds is 5. The van der Waals surface area contributed by atoms with Crippen LogP contribution in [0.1, 0.15) is 22.3 Å². The highest BCUT2D eigenvalue weighted by atomic mass is 16.5. The third-order valence-electron chi connectivity index (χ3n) is 14.1. The zero-order valence-electron chi connectivity index (χ0n) is 36.3. The number of aromatic nitrogens is 3. The van der Waals surface area contributed by atoms with Crippen molar-refractivity contribution >= 4 is 32.6 Å². The molecule has 3 heterocycles. The minimum Gasteiger partial charge on any atom is -0.457 e. The van der Waals surface area contributed by atoms with Crippen molar-refractivity contribution in [3.05, 3.63) is 259 Å². The smallest absolute Gasteiger partial charge is 0.160 e. The lowest BCUT2D eigenvalue weighted by Crippen LogP contribution is -2.32. The van der Waals surface area contributed by atoms with Gasteiger partial charge in [0.25, 0.3) is 0 Å². The molecule has 0 bridgehead atoms. The minimum absolute atomic E-state index is 0.552. The molecule has 2 aromatic heterocycles. The molecule has 0 saturated heterocycles. The van der Waals surface area contributed by atoms with E-state index >= 15 is 0 Å². The molecule has 1 aliphatic heterocycles. The molecule has 0 saturated carbocycles. The molecule has 4 heteroatoms. The summed E-state index contributed by atoms with van der Waals surface area (Å²) in [6.45, 7) is 0. The van der Waals surface area contributed by atoms with Crippen LogP contribution in [0.5, 0.6) is 11.5 Å². The molecule has 4 nitrogen and oxygen atoms in total. The molecule has 0 amide bonds. The predicted molar refractivity (Wildman–Crippen MR) is 273 cm³/mol. The van der Waals surface area contributed by atoms with E-state index in [-0.39, 0.29) is 0 Å². The molecule has 0 atom stereocenters. The maximum atomic E-state index is 6.66. The summed E-state index contributed by atoms with van der Waals surface area (Å²) in [6.07, 6.45) is 0. The van der Waals surface area contributed by atoms with Crippen molar-refractivity contribution in [3.63, 3.8) is 0 Å². The second kappa shape index (κ2) is 14.6. The first kappa shape index (κ1) is 37.5. The topological polar surface area (TPSA) is 39.9 Å². The minimum atomic E-state index is -0.552. The Kier molecular flexibility index (Phi) is 8.16. The molecule has 1 aliphatic carbocycles. The summed E-state index contributed by atoms with van der Waals surface area (Å²) < 4.78 is 9.10. The third-order valence-corrected chi connectivity index (χ3v) is 14.1. The summed E-state index contributed by atoms with van der Waals surface area (Å²) in [5.74, 6) is 2.48. The Bertz CT molecular complexity index is 3850. The highest BCUT2D eigenvalue weighted by Gasteiger charge is 2.51. The van der Waals surface area contributed by atoms with Gasteiger partial charge in [-0.15, -0.1) is 0 Å². The maximum Gasteiger partial charge on any atom is 0.160 e. The van der Waals surface area contributed by atoms with Crippen molar-refractivity contribution in [1.82, 2.24) is 14.5 Å². The molecule has 0 radical (unpaired) electrons. The summed E-state index contributed by atoms with van der Waals surface area (Å²) in [5.41, 5.74) is 17.4. The van der Waals surface area contributed by atoms with Crippen LogP contribution in [0.25, 0.3) is 94.4 Å². The summed E-state index contributed by atoms with van der Waals surface area (Å²) in [7, 11) is 0. The van der Waals surface area contributed by atoms with Crippen molar-refractivity contribution in [2.24, 2.45) is 0 Å². The number of hydrogen-bond donors (Lipinski definition) is 0. The lowest BCUT2D eigenvalue weighted by atomic mass is 9.66. The van der Waals surface area contributed by atoms with Crippen LogP contribution in [0.15, 0.2) is 237 Å². The molecule has 0 fully saturated rings. The third kappa shape index (κ3) is 5.54. The summed E-state index contributed by atoms with van der Waals surface area (Å²) in [6, 6.07) is 85.0. The fraction of sp³-hybridized carbons (Fsp3) is 0.0159. The van der Waals surface area contributed by atoms with Crippen molar-refractivity contribution < 1.29 is 4.74 Å². The van der Waals surface area contributed by atoms with Gasteiger partial charge in [0.15, 0.2) is 5.82 Å². The molecule has 14 rings (SSSR count). The second-order valence-corrected chi connectivity index (χ2v) is 17.6. The lowest BCUT2D eigenvalue weighted by molar-refractivity contribution is 0.436. The van der Waals surface area contributed by atoms with Crippen molar-refractivity contribution in [3.8, 4) is 73.3 Å². The van der Waals surface area contributed by atoms with Crippen LogP contribution in [-0.4, -0.2) is 14.5 Å². The molecule has 0 N–H and O–H groups in total. The standard InChI is InChI=1S/C63H39N3O/c1-4-18-40(19-5-1)56-39-57(65-62(64-56)41-20-6-2-7-21-41)49-38-51-50-36-42(33-35-58(50)66(44-22-8-3-9-23-44)61(51)48-26-11-10-24-45(48)49)43-32-34-47-46-25-12-13-27-52(46)63(55(47)37-43)53-28-14-16-30-59(53)67-60-31-17-15-29-54(60)63/h1-39H. The summed E-state index contributed by atoms with van der Waals surface area (Å²) >= 11 is 0. The van der Waals surface area contributed by atoms with Gasteiger partial charge in [0, 0.05) is 49.7 Å². The van der Waals surface area contributed by atoms with Gasteiger partial charge in [-0.2, -0.15) is 0 Å². The van der Waals surface area contributed by atoms with Crippen molar-refractivity contribution in [2.45, 2.75) is 5.41 Å². The Balaban J connectivity index is 1.03. The number of para-hydroxylation sites is 3. The molecule has 67 heavy (non-hydrogen) atoms. The van der Waals surface area contributed by atoms with E-state index in [0.717, 1.165) is 94.7 Å². The van der Waals surface area contributed by atoms with Gasteiger partial charge in [0.1, 0.15) is 11.5 Å². The van der Waals surface area contributed by atoms with Gasteiger partial charge in [-0.3, -0.25) is 0 Å². The second-order valence-electron chi connectivity index (χ2n) is 17.6. The molecule has 1 spiro atoms. The molecular formula is C63H39N3O. The van der Waals surface area contributed by atoms with E-state index < -0.39 is 5.41 Å². The normalized spacial score (nSPS) is 13.0. The summed E-state index contributed by atoms with van der Waals surface area (Å²) in [5, 5.41) is 4.62. The molecular weight excluding hydrogens is 815 g/mol. The Morgan fingerprint density at radius 2 is 0.910 bits per heavy atom. The maximum absolute atomic E-state index is 6.66. The highest BCUT2D eigenvalue weighted by molar-refractivity contribution is 6.22. The van der Waals surface area contributed by atoms with E-state index in [1.165, 1.54) is 27.6 Å². The van der Waals surface area contributed by atoms with Crippen LogP contribution >= 0.6 is 0 Å². The van der Waals surface area contributed by atoms with Crippen molar-refractivity contribution in [2.75, 3.05) is 0 Å². The number of hydrogen-bond acceptors (Lipinski definition) is 3. The van der Waals surface area contributed by atoms with Crippen LogP contribution in [0.2, 0.25) is 0 Å². The quantitative estimate of drug-likeness (QED) is 0.173. The molecule has 0 unspecified atom stereocenters. The largest absolute Gasteiger partial charge is 0.457 e. The Hall–Kier alpha value is -8.86. The van der Waals surface area contributed by atoms with Gasteiger partial charge in [-0.25, -0.2) is 9.97 Å². The Morgan fingerprint density at radius 1 is 0.343 bits per heavy atom. The molecule has 10 aromatic carbocycles. The van der Waals surface area contributed by atoms with E-state index in [0.29, 0.717) is 5.82 Å². The predicted octanol–water partition coefficient (Wildman–Crippen LogP) is 15.9. The van der Waals surface area contributed by atoms with Gasteiger partial charge >= 0.3 is 0 Å². The van der Waals surface area contributed by atoms with E-state index in [9.17, 15) is 0 Å². The fourth-order valence-corrected chi connectivity index (χ4v) is 11.2. The first-order chi connectivity index (χ1) is 33.2. The Morgan fingerprint density at radius 3 is 1.66 bits per heavy atom. The van der Waals surface area contributed by atoms with E-state index in [4.69, 9.17) is 14.7 Å². The van der Waals surface area contributed by atoms with Crippen LogP contribution in [0, 0.1) is 0 Å². The van der Waals surface area contributed by atoms with Gasteiger partial charge in [-0.05, 0) is 93.4 Å². The highest BCUT2D eigenvalue weighted by Crippen LogP contribution is 2.62.